The SMILES string of the molecule is O=C(Nc1nc(=O)n(CCOCP(=O)(O)O)s1)c1ccccc1. The minimum absolute atomic E-state index is 0.0563. The van der Waals surface area contributed by atoms with Gasteiger partial charge < -0.3 is 14.5 Å². The zero-order valence-electron chi connectivity index (χ0n) is 11.8. The number of anilines is 1. The van der Waals surface area contributed by atoms with Gasteiger partial charge in [-0.3, -0.25) is 14.7 Å². The Balaban J connectivity index is 1.92. The van der Waals surface area contributed by atoms with E-state index in [1.54, 1.807) is 30.3 Å². The molecule has 3 N–H and O–H groups in total. The monoisotopic (exact) mass is 359 g/mol. The maximum atomic E-state index is 11.9. The maximum absolute atomic E-state index is 11.9. The van der Waals surface area contributed by atoms with Crippen LogP contribution in [0.5, 0.6) is 0 Å². The number of carbonyl (C=O) groups is 1. The van der Waals surface area contributed by atoms with Gasteiger partial charge in [0.1, 0.15) is 6.35 Å². The molecule has 1 aromatic carbocycles. The van der Waals surface area contributed by atoms with E-state index in [0.29, 0.717) is 5.56 Å². The molecule has 11 heteroatoms. The first-order valence-corrected chi connectivity index (χ1v) is 8.99. The van der Waals surface area contributed by atoms with Crippen LogP contribution in [0.25, 0.3) is 0 Å². The number of aromatic nitrogens is 2. The van der Waals surface area contributed by atoms with Crippen LogP contribution in [0.1, 0.15) is 10.4 Å². The third-order valence-electron chi connectivity index (χ3n) is 2.56. The van der Waals surface area contributed by atoms with Gasteiger partial charge in [0.15, 0.2) is 0 Å². The van der Waals surface area contributed by atoms with Crippen LogP contribution < -0.4 is 11.0 Å². The first-order valence-electron chi connectivity index (χ1n) is 6.42. The van der Waals surface area contributed by atoms with Crippen LogP contribution in [-0.4, -0.2) is 37.6 Å². The molecule has 0 bridgehead atoms. The Morgan fingerprint density at radius 2 is 2.04 bits per heavy atom. The molecule has 0 aliphatic rings. The van der Waals surface area contributed by atoms with Crippen molar-refractivity contribution in [2.24, 2.45) is 0 Å². The number of nitrogens with zero attached hydrogens (tertiary/aromatic N) is 2. The van der Waals surface area contributed by atoms with E-state index in [1.807, 2.05) is 0 Å². The molecule has 0 atom stereocenters. The molecule has 0 aliphatic heterocycles. The molecule has 0 aliphatic carbocycles. The summed E-state index contributed by atoms with van der Waals surface area (Å²) in [6, 6.07) is 8.47. The van der Waals surface area contributed by atoms with E-state index in [-0.39, 0.29) is 24.2 Å². The minimum Gasteiger partial charge on any atom is -0.367 e. The first-order chi connectivity index (χ1) is 10.8. The Morgan fingerprint density at radius 3 is 2.70 bits per heavy atom. The lowest BCUT2D eigenvalue weighted by Gasteiger charge is -2.05. The number of amides is 1. The first kappa shape index (κ1) is 17.5. The van der Waals surface area contributed by atoms with Crippen LogP contribution in [-0.2, 0) is 15.8 Å². The van der Waals surface area contributed by atoms with Gasteiger partial charge in [0.2, 0.25) is 5.13 Å². The summed E-state index contributed by atoms with van der Waals surface area (Å²) >= 11 is 0.927. The van der Waals surface area contributed by atoms with Gasteiger partial charge in [-0.2, -0.15) is 4.98 Å². The number of rotatable bonds is 7. The van der Waals surface area contributed by atoms with Crippen molar-refractivity contribution in [2.45, 2.75) is 6.54 Å². The van der Waals surface area contributed by atoms with Gasteiger partial charge in [-0.1, -0.05) is 18.2 Å². The van der Waals surface area contributed by atoms with Gasteiger partial charge in [0.25, 0.3) is 5.91 Å². The van der Waals surface area contributed by atoms with Crippen LogP contribution >= 0.6 is 19.1 Å². The molecule has 1 heterocycles. The van der Waals surface area contributed by atoms with Gasteiger partial charge in [0.05, 0.1) is 13.2 Å². The molecule has 2 aromatic rings. The predicted molar refractivity (Wildman–Crippen MR) is 83.6 cm³/mol. The molecule has 23 heavy (non-hydrogen) atoms. The van der Waals surface area contributed by atoms with E-state index in [2.05, 4.69) is 10.3 Å². The second-order valence-electron chi connectivity index (χ2n) is 4.42. The smallest absolute Gasteiger partial charge is 0.359 e. The van der Waals surface area contributed by atoms with Crippen molar-refractivity contribution in [2.75, 3.05) is 18.3 Å². The fraction of sp³-hybridized carbons (Fsp3) is 0.250. The van der Waals surface area contributed by atoms with E-state index in [0.717, 1.165) is 11.5 Å². The van der Waals surface area contributed by atoms with Crippen LogP contribution in [0.4, 0.5) is 5.13 Å². The van der Waals surface area contributed by atoms with Crippen molar-refractivity contribution in [1.29, 1.82) is 0 Å². The third kappa shape index (κ3) is 5.70. The lowest BCUT2D eigenvalue weighted by atomic mass is 10.2. The molecule has 0 saturated carbocycles. The lowest BCUT2D eigenvalue weighted by Crippen LogP contribution is -2.18. The molecule has 0 fully saturated rings. The molecule has 124 valence electrons. The number of hydrogen-bond donors (Lipinski definition) is 3. The largest absolute Gasteiger partial charge is 0.367 e. The summed E-state index contributed by atoms with van der Waals surface area (Å²) in [5.41, 5.74) is -0.134. The number of carbonyl (C=O) groups excluding carboxylic acids is 1. The molecular weight excluding hydrogens is 345 g/mol. The average molecular weight is 359 g/mol. The molecule has 1 amide bonds. The number of ether oxygens (including phenoxy) is 1. The average Bonchev–Trinajstić information content (AvgIpc) is 2.83. The summed E-state index contributed by atoms with van der Waals surface area (Å²) in [5.74, 6) is -0.385. The van der Waals surface area contributed by atoms with Crippen molar-refractivity contribution < 1.29 is 23.9 Å². The van der Waals surface area contributed by atoms with Gasteiger partial charge in [-0.05, 0) is 23.7 Å². The van der Waals surface area contributed by atoms with Crippen molar-refractivity contribution in [3.63, 3.8) is 0 Å². The second-order valence-corrected chi connectivity index (χ2v) is 7.01. The molecule has 9 nitrogen and oxygen atoms in total. The molecule has 0 radical (unpaired) electrons. The summed E-state index contributed by atoms with van der Waals surface area (Å²) in [6.07, 6.45) is -0.710. The zero-order valence-corrected chi connectivity index (χ0v) is 13.5. The predicted octanol–water partition coefficient (Wildman–Crippen LogP) is 0.709. The minimum atomic E-state index is -4.23. The molecule has 0 saturated heterocycles. The third-order valence-corrected chi connectivity index (χ3v) is 4.01. The molecule has 2 rings (SSSR count). The number of hydrogen-bond acceptors (Lipinski definition) is 6. The molecule has 1 aromatic heterocycles. The Morgan fingerprint density at radius 1 is 1.35 bits per heavy atom. The van der Waals surface area contributed by atoms with E-state index < -0.39 is 19.6 Å². The Labute approximate surface area is 134 Å². The van der Waals surface area contributed by atoms with E-state index >= 15 is 0 Å². The quantitative estimate of drug-likeness (QED) is 0.490. The van der Waals surface area contributed by atoms with Gasteiger partial charge in [-0.15, -0.1) is 0 Å². The fourth-order valence-electron chi connectivity index (χ4n) is 1.59. The van der Waals surface area contributed by atoms with Gasteiger partial charge in [0, 0.05) is 5.56 Å². The van der Waals surface area contributed by atoms with Gasteiger partial charge in [-0.25, -0.2) is 8.75 Å². The fourth-order valence-corrected chi connectivity index (χ4v) is 2.71. The van der Waals surface area contributed by atoms with Crippen molar-refractivity contribution in [3.8, 4) is 0 Å². The summed E-state index contributed by atoms with van der Waals surface area (Å²) in [7, 11) is -4.23. The normalized spacial score (nSPS) is 11.4. The zero-order chi connectivity index (χ0) is 16.9. The van der Waals surface area contributed by atoms with E-state index in [4.69, 9.17) is 14.5 Å². The summed E-state index contributed by atoms with van der Waals surface area (Å²) < 4.78 is 16.6. The Bertz CT molecular complexity index is 769. The van der Waals surface area contributed by atoms with Crippen molar-refractivity contribution in [1.82, 2.24) is 8.94 Å². The van der Waals surface area contributed by atoms with Crippen LogP contribution in [0, 0.1) is 0 Å². The topological polar surface area (TPSA) is 131 Å². The van der Waals surface area contributed by atoms with Gasteiger partial charge >= 0.3 is 13.3 Å². The second kappa shape index (κ2) is 7.62. The van der Waals surface area contributed by atoms with Crippen LogP contribution in [0.2, 0.25) is 0 Å². The highest BCUT2D eigenvalue weighted by molar-refractivity contribution is 7.51. The summed E-state index contributed by atoms with van der Waals surface area (Å²) in [4.78, 5) is 44.6. The number of benzene rings is 1. The lowest BCUT2D eigenvalue weighted by molar-refractivity contribution is 0.102. The highest BCUT2D eigenvalue weighted by Gasteiger charge is 2.14. The van der Waals surface area contributed by atoms with Crippen LogP contribution in [0.3, 0.4) is 0 Å². The summed E-state index contributed by atoms with van der Waals surface area (Å²) in [6.45, 7) is 0.0248. The Hall–Kier alpha value is -1.84. The maximum Gasteiger partial charge on any atom is 0.359 e. The summed E-state index contributed by atoms with van der Waals surface area (Å²) in [5, 5.41) is 2.65. The molecular formula is C12H14N3O6PS. The number of nitrogens with one attached hydrogen (secondary N) is 1. The van der Waals surface area contributed by atoms with Crippen LogP contribution in [0.15, 0.2) is 35.1 Å². The standard InChI is InChI=1S/C12H14N3O6PS/c16-10(9-4-2-1-3-5-9)13-11-14-12(17)15(23-11)6-7-21-8-22(18,19)20/h1-5H,6-8H2,(H2,18,19,20)(H,13,14,16,17). The molecule has 0 unspecified atom stereocenters. The van der Waals surface area contributed by atoms with E-state index in [1.165, 1.54) is 3.96 Å². The van der Waals surface area contributed by atoms with E-state index in [9.17, 15) is 14.2 Å². The van der Waals surface area contributed by atoms with Crippen molar-refractivity contribution >= 4 is 30.2 Å². The molecule has 0 spiro atoms. The van der Waals surface area contributed by atoms with Crippen molar-refractivity contribution in [3.05, 3.63) is 46.4 Å². The highest BCUT2D eigenvalue weighted by atomic mass is 32.1. The highest BCUT2D eigenvalue weighted by Crippen LogP contribution is 2.33. The Kier molecular flexibility index (Phi) is 5.80.